The zero-order valence-electron chi connectivity index (χ0n) is 12.7. The summed E-state index contributed by atoms with van der Waals surface area (Å²) in [5, 5.41) is 2.98. The molecule has 0 saturated heterocycles. The molecule has 1 atom stereocenters. The number of ether oxygens (including phenoxy) is 2. The maximum atomic E-state index is 11.8. The van der Waals surface area contributed by atoms with E-state index < -0.39 is 6.04 Å². The molecule has 0 bridgehead atoms. The molecule has 0 aromatic heterocycles. The number of halogens is 1. The van der Waals surface area contributed by atoms with Crippen LogP contribution in [0.1, 0.15) is 39.0 Å². The van der Waals surface area contributed by atoms with Crippen molar-refractivity contribution in [3.63, 3.8) is 0 Å². The van der Waals surface area contributed by atoms with Crippen LogP contribution < -0.4 is 11.1 Å². The molecule has 6 heteroatoms. The number of methoxy groups -OCH3 is 1. The number of rotatable bonds is 9. The third kappa shape index (κ3) is 6.39. The van der Waals surface area contributed by atoms with Crippen LogP contribution >= 0.6 is 12.4 Å². The predicted octanol–water partition coefficient (Wildman–Crippen LogP) is 1.49. The second kappa shape index (κ2) is 10.4. The molecule has 0 radical (unpaired) electrons. The third-order valence-electron chi connectivity index (χ3n) is 3.97. The van der Waals surface area contributed by atoms with Gasteiger partial charge < -0.3 is 20.5 Å². The molecule has 1 aliphatic carbocycles. The van der Waals surface area contributed by atoms with Crippen LogP contribution in [0.4, 0.5) is 0 Å². The molecule has 0 spiro atoms. The van der Waals surface area contributed by atoms with Crippen molar-refractivity contribution in [1.29, 1.82) is 0 Å². The highest BCUT2D eigenvalue weighted by Crippen LogP contribution is 2.40. The first kappa shape index (κ1) is 19.6. The number of carbonyl (C=O) groups excluding carboxylic acids is 1. The Morgan fingerprint density at radius 3 is 2.60 bits per heavy atom. The Hall–Kier alpha value is -0.360. The Bertz CT molecular complexity index is 271. The monoisotopic (exact) mass is 308 g/mol. The van der Waals surface area contributed by atoms with Gasteiger partial charge in [-0.25, -0.2) is 0 Å². The van der Waals surface area contributed by atoms with Gasteiger partial charge in [-0.15, -0.1) is 12.4 Å². The Morgan fingerprint density at radius 2 is 2.05 bits per heavy atom. The lowest BCUT2D eigenvalue weighted by Gasteiger charge is -2.29. The minimum Gasteiger partial charge on any atom is -0.383 e. The number of hydrogen-bond donors (Lipinski definition) is 2. The fourth-order valence-electron chi connectivity index (χ4n) is 2.73. The SMILES string of the molecule is CCOCCC1(CNC(=O)C(N)COC)CCCC1.Cl. The summed E-state index contributed by atoms with van der Waals surface area (Å²) in [4.78, 5) is 11.8. The summed E-state index contributed by atoms with van der Waals surface area (Å²) in [6.45, 7) is 4.50. The Balaban J connectivity index is 0.00000361. The molecular formula is C14H29ClN2O3. The summed E-state index contributed by atoms with van der Waals surface area (Å²) in [6.07, 6.45) is 5.83. The Labute approximate surface area is 128 Å². The van der Waals surface area contributed by atoms with E-state index in [1.165, 1.54) is 25.7 Å². The van der Waals surface area contributed by atoms with Crippen LogP contribution in [0.3, 0.4) is 0 Å². The van der Waals surface area contributed by atoms with Crippen LogP contribution in [0.5, 0.6) is 0 Å². The molecule has 5 nitrogen and oxygen atoms in total. The first-order valence-corrected chi connectivity index (χ1v) is 7.23. The van der Waals surface area contributed by atoms with E-state index in [1.807, 2.05) is 6.92 Å². The lowest BCUT2D eigenvalue weighted by molar-refractivity contribution is -0.124. The predicted molar refractivity (Wildman–Crippen MR) is 82.1 cm³/mol. The van der Waals surface area contributed by atoms with Gasteiger partial charge in [-0.05, 0) is 31.6 Å². The van der Waals surface area contributed by atoms with Gasteiger partial charge in [0, 0.05) is 26.9 Å². The van der Waals surface area contributed by atoms with Gasteiger partial charge in [0.25, 0.3) is 0 Å². The van der Waals surface area contributed by atoms with Crippen LogP contribution in [0.15, 0.2) is 0 Å². The van der Waals surface area contributed by atoms with Crippen molar-refractivity contribution >= 4 is 18.3 Å². The van der Waals surface area contributed by atoms with E-state index in [0.29, 0.717) is 6.54 Å². The van der Waals surface area contributed by atoms with Crippen molar-refractivity contribution in [2.45, 2.75) is 45.1 Å². The van der Waals surface area contributed by atoms with Crippen molar-refractivity contribution in [3.8, 4) is 0 Å². The molecule has 1 aliphatic rings. The highest BCUT2D eigenvalue weighted by Gasteiger charge is 2.34. The van der Waals surface area contributed by atoms with Gasteiger partial charge in [0.15, 0.2) is 0 Å². The summed E-state index contributed by atoms with van der Waals surface area (Å²) in [6, 6.07) is -0.574. The summed E-state index contributed by atoms with van der Waals surface area (Å²) in [5.41, 5.74) is 5.92. The van der Waals surface area contributed by atoms with Crippen molar-refractivity contribution < 1.29 is 14.3 Å². The molecule has 0 aliphatic heterocycles. The third-order valence-corrected chi connectivity index (χ3v) is 3.97. The lowest BCUT2D eigenvalue weighted by Crippen LogP contribution is -2.47. The number of nitrogens with one attached hydrogen (secondary N) is 1. The standard InChI is InChI=1S/C14H28N2O3.ClH/c1-3-19-9-8-14(6-4-5-7-14)11-16-13(17)12(15)10-18-2;/h12H,3-11,15H2,1-2H3,(H,16,17);1H. The maximum Gasteiger partial charge on any atom is 0.239 e. The number of amides is 1. The van der Waals surface area contributed by atoms with Gasteiger partial charge in [-0.1, -0.05) is 12.8 Å². The molecule has 120 valence electrons. The topological polar surface area (TPSA) is 73.6 Å². The minimum atomic E-state index is -0.574. The van der Waals surface area contributed by atoms with Gasteiger partial charge in [-0.3, -0.25) is 4.79 Å². The van der Waals surface area contributed by atoms with Gasteiger partial charge in [0.2, 0.25) is 5.91 Å². The average Bonchev–Trinajstić information content (AvgIpc) is 2.86. The normalized spacial score (nSPS) is 18.4. The zero-order valence-corrected chi connectivity index (χ0v) is 13.5. The van der Waals surface area contributed by atoms with E-state index in [4.69, 9.17) is 15.2 Å². The first-order valence-electron chi connectivity index (χ1n) is 7.23. The van der Waals surface area contributed by atoms with E-state index >= 15 is 0 Å². The van der Waals surface area contributed by atoms with Gasteiger partial charge in [0.1, 0.15) is 6.04 Å². The van der Waals surface area contributed by atoms with Crippen LogP contribution in [0.25, 0.3) is 0 Å². The second-order valence-corrected chi connectivity index (χ2v) is 5.43. The fourth-order valence-corrected chi connectivity index (χ4v) is 2.73. The van der Waals surface area contributed by atoms with Crippen molar-refractivity contribution in [1.82, 2.24) is 5.32 Å². The highest BCUT2D eigenvalue weighted by atomic mass is 35.5. The van der Waals surface area contributed by atoms with Crippen LogP contribution in [0.2, 0.25) is 0 Å². The number of nitrogens with two attached hydrogens (primary N) is 1. The van der Waals surface area contributed by atoms with E-state index in [0.717, 1.165) is 19.6 Å². The van der Waals surface area contributed by atoms with E-state index in [2.05, 4.69) is 5.32 Å². The molecule has 20 heavy (non-hydrogen) atoms. The average molecular weight is 309 g/mol. The largest absolute Gasteiger partial charge is 0.383 e. The second-order valence-electron chi connectivity index (χ2n) is 5.43. The van der Waals surface area contributed by atoms with Crippen LogP contribution in [-0.2, 0) is 14.3 Å². The molecule has 1 unspecified atom stereocenters. The molecule has 0 heterocycles. The van der Waals surface area contributed by atoms with E-state index in [9.17, 15) is 4.79 Å². The first-order chi connectivity index (χ1) is 9.13. The van der Waals surface area contributed by atoms with Crippen LogP contribution in [0, 0.1) is 5.41 Å². The van der Waals surface area contributed by atoms with Crippen molar-refractivity contribution in [2.75, 3.05) is 33.5 Å². The summed E-state index contributed by atoms with van der Waals surface area (Å²) >= 11 is 0. The Kier molecular flexibility index (Phi) is 10.2. The highest BCUT2D eigenvalue weighted by molar-refractivity contribution is 5.85. The lowest BCUT2D eigenvalue weighted by atomic mass is 9.83. The molecule has 1 rings (SSSR count). The smallest absolute Gasteiger partial charge is 0.239 e. The van der Waals surface area contributed by atoms with Gasteiger partial charge in [0.05, 0.1) is 6.61 Å². The van der Waals surface area contributed by atoms with E-state index in [1.54, 1.807) is 7.11 Å². The summed E-state index contributed by atoms with van der Waals surface area (Å²) < 4.78 is 10.4. The minimum absolute atomic E-state index is 0. The summed E-state index contributed by atoms with van der Waals surface area (Å²) in [7, 11) is 1.55. The number of hydrogen-bond acceptors (Lipinski definition) is 4. The van der Waals surface area contributed by atoms with Gasteiger partial charge in [-0.2, -0.15) is 0 Å². The maximum absolute atomic E-state index is 11.8. The molecule has 1 saturated carbocycles. The van der Waals surface area contributed by atoms with Crippen LogP contribution in [-0.4, -0.2) is 45.4 Å². The van der Waals surface area contributed by atoms with Gasteiger partial charge >= 0.3 is 0 Å². The zero-order chi connectivity index (χ0) is 14.1. The molecule has 0 aromatic rings. The molecule has 1 amide bonds. The summed E-state index contributed by atoms with van der Waals surface area (Å²) in [5.74, 6) is -0.121. The quantitative estimate of drug-likeness (QED) is 0.633. The van der Waals surface area contributed by atoms with E-state index in [-0.39, 0.29) is 30.3 Å². The Morgan fingerprint density at radius 1 is 1.40 bits per heavy atom. The molecule has 1 fully saturated rings. The van der Waals surface area contributed by atoms with Crippen molar-refractivity contribution in [2.24, 2.45) is 11.1 Å². The molecular weight excluding hydrogens is 280 g/mol. The number of carbonyl (C=O) groups is 1. The fraction of sp³-hybridized carbons (Fsp3) is 0.929. The van der Waals surface area contributed by atoms with Crippen molar-refractivity contribution in [3.05, 3.63) is 0 Å². The molecule has 0 aromatic carbocycles. The molecule has 3 N–H and O–H groups in total.